The molecule has 0 radical (unpaired) electrons. The van der Waals surface area contributed by atoms with Gasteiger partial charge in [0.1, 0.15) is 5.82 Å². The van der Waals surface area contributed by atoms with Gasteiger partial charge in [-0.25, -0.2) is 22.5 Å². The molecule has 2 fully saturated rings. The third-order valence-corrected chi connectivity index (χ3v) is 8.52. The normalized spacial score (nSPS) is 19.9. The summed E-state index contributed by atoms with van der Waals surface area (Å²) in [5.41, 5.74) is 2.55. The average Bonchev–Trinajstić information content (AvgIpc) is 3.37. The topological polar surface area (TPSA) is 105 Å². The number of carbonyl (C=O) groups is 2. The number of piperazine rings is 1. The highest BCUT2D eigenvalue weighted by molar-refractivity contribution is 7.91. The predicted octanol–water partition coefficient (Wildman–Crippen LogP) is 2.21. The number of nitrogens with zero attached hydrogens (tertiary/aromatic N) is 5. The van der Waals surface area contributed by atoms with Crippen molar-refractivity contribution in [2.45, 2.75) is 26.3 Å². The maximum atomic E-state index is 13.7. The van der Waals surface area contributed by atoms with Crippen LogP contribution >= 0.6 is 0 Å². The second-order valence-corrected chi connectivity index (χ2v) is 11.4. The van der Waals surface area contributed by atoms with Crippen LogP contribution in [0.5, 0.6) is 0 Å². The fraction of sp³-hybridized carbons (Fsp3) is 0.417. The van der Waals surface area contributed by atoms with Crippen LogP contribution in [0.4, 0.5) is 4.39 Å². The molecule has 2 aromatic heterocycles. The monoisotopic (exact) mass is 499 g/mol. The molecule has 2 aliphatic heterocycles. The minimum atomic E-state index is -3.16. The third-order valence-electron chi connectivity index (χ3n) is 6.77. The van der Waals surface area contributed by atoms with Gasteiger partial charge in [0.15, 0.2) is 15.5 Å². The summed E-state index contributed by atoms with van der Waals surface area (Å²) >= 11 is 0. The van der Waals surface area contributed by atoms with E-state index in [1.54, 1.807) is 39.6 Å². The van der Waals surface area contributed by atoms with Gasteiger partial charge in [-0.1, -0.05) is 0 Å². The summed E-state index contributed by atoms with van der Waals surface area (Å²) in [5, 5.41) is 5.20. The second-order valence-electron chi connectivity index (χ2n) is 9.15. The molecule has 0 aliphatic carbocycles. The van der Waals surface area contributed by atoms with Crippen LogP contribution in [0.2, 0.25) is 0 Å². The van der Waals surface area contributed by atoms with Crippen molar-refractivity contribution in [2.75, 3.05) is 37.7 Å². The summed E-state index contributed by atoms with van der Waals surface area (Å²) < 4.78 is 39.5. The zero-order chi connectivity index (χ0) is 24.9. The molecule has 0 saturated carbocycles. The van der Waals surface area contributed by atoms with Crippen LogP contribution in [-0.2, 0) is 14.6 Å². The Morgan fingerprint density at radius 3 is 2.31 bits per heavy atom. The number of amides is 2. The summed E-state index contributed by atoms with van der Waals surface area (Å²) in [6, 6.07) is 7.17. The van der Waals surface area contributed by atoms with Gasteiger partial charge in [0, 0.05) is 38.7 Å². The van der Waals surface area contributed by atoms with E-state index in [1.165, 1.54) is 19.1 Å². The molecule has 184 valence electrons. The summed E-state index contributed by atoms with van der Waals surface area (Å²) in [7, 11) is -3.16. The van der Waals surface area contributed by atoms with E-state index < -0.39 is 9.84 Å². The van der Waals surface area contributed by atoms with Gasteiger partial charge in [-0.15, -0.1) is 0 Å². The van der Waals surface area contributed by atoms with Crippen LogP contribution in [0.15, 0.2) is 30.3 Å². The van der Waals surface area contributed by atoms with E-state index >= 15 is 0 Å². The minimum Gasteiger partial charge on any atom is -0.339 e. The van der Waals surface area contributed by atoms with Crippen molar-refractivity contribution in [3.63, 3.8) is 0 Å². The molecular formula is C24H26FN5O4S. The van der Waals surface area contributed by atoms with Gasteiger partial charge in [0.05, 0.1) is 39.9 Å². The standard InChI is InChI=1S/C24H26FN5O4S/c1-15-22-20(24(32)29-10-8-28(9-11-29)16(2)31)13-21(17-3-5-18(25)6-4-17)26-23(22)30(27-15)19-7-12-35(33,34)14-19/h3-6,13,19H,7-12,14H2,1-2H3/t19-/m1/s1. The number of aryl methyl sites for hydroxylation is 1. The van der Waals surface area contributed by atoms with Gasteiger partial charge < -0.3 is 9.80 Å². The first kappa shape index (κ1) is 23.4. The molecule has 0 N–H and O–H groups in total. The highest BCUT2D eigenvalue weighted by Gasteiger charge is 2.33. The molecule has 9 nitrogen and oxygen atoms in total. The SMILES string of the molecule is CC(=O)N1CCN(C(=O)c2cc(-c3ccc(F)cc3)nc3c2c(C)nn3[C@@H]2CCS(=O)(=O)C2)CC1. The molecule has 0 unspecified atom stereocenters. The number of benzene rings is 1. The Labute approximate surface area is 202 Å². The van der Waals surface area contributed by atoms with Crippen LogP contribution in [0.1, 0.15) is 35.4 Å². The van der Waals surface area contributed by atoms with Crippen molar-refractivity contribution < 1.29 is 22.4 Å². The van der Waals surface area contributed by atoms with E-state index in [-0.39, 0.29) is 35.2 Å². The van der Waals surface area contributed by atoms with E-state index in [0.717, 1.165) is 0 Å². The van der Waals surface area contributed by atoms with Crippen molar-refractivity contribution >= 4 is 32.7 Å². The molecule has 35 heavy (non-hydrogen) atoms. The predicted molar refractivity (Wildman–Crippen MR) is 128 cm³/mol. The number of fused-ring (bicyclic) bond motifs is 1. The Balaban J connectivity index is 1.62. The number of rotatable bonds is 3. The minimum absolute atomic E-state index is 0.0226. The van der Waals surface area contributed by atoms with Crippen LogP contribution in [0.25, 0.3) is 22.3 Å². The largest absolute Gasteiger partial charge is 0.339 e. The molecular weight excluding hydrogens is 473 g/mol. The summed E-state index contributed by atoms with van der Waals surface area (Å²) in [5.74, 6) is -0.549. The number of carbonyl (C=O) groups excluding carboxylic acids is 2. The Hall–Kier alpha value is -3.34. The van der Waals surface area contributed by atoms with E-state index in [1.807, 2.05) is 0 Å². The Bertz CT molecular complexity index is 1430. The number of sulfone groups is 1. The smallest absolute Gasteiger partial charge is 0.254 e. The highest BCUT2D eigenvalue weighted by atomic mass is 32.2. The zero-order valence-electron chi connectivity index (χ0n) is 19.6. The van der Waals surface area contributed by atoms with Crippen LogP contribution in [0, 0.1) is 12.7 Å². The molecule has 0 bridgehead atoms. The van der Waals surface area contributed by atoms with E-state index in [2.05, 4.69) is 5.10 Å². The first-order valence-corrected chi connectivity index (χ1v) is 13.4. The zero-order valence-corrected chi connectivity index (χ0v) is 20.4. The highest BCUT2D eigenvalue weighted by Crippen LogP contribution is 2.32. The average molecular weight is 500 g/mol. The molecule has 1 aromatic carbocycles. The van der Waals surface area contributed by atoms with Gasteiger partial charge in [0.2, 0.25) is 5.91 Å². The van der Waals surface area contributed by atoms with Crippen LogP contribution in [0.3, 0.4) is 0 Å². The summed E-state index contributed by atoms with van der Waals surface area (Å²) in [6.07, 6.45) is 0.428. The fourth-order valence-corrected chi connectivity index (χ4v) is 6.56. The Morgan fingerprint density at radius 2 is 1.71 bits per heavy atom. The maximum absolute atomic E-state index is 13.7. The number of aromatic nitrogens is 3. The summed E-state index contributed by atoms with van der Waals surface area (Å²) in [6.45, 7) is 5.02. The van der Waals surface area contributed by atoms with Crippen molar-refractivity contribution in [1.82, 2.24) is 24.6 Å². The molecule has 2 aliphatic rings. The molecule has 1 atom stereocenters. The molecule has 2 amide bonds. The van der Waals surface area contributed by atoms with Gasteiger partial charge >= 0.3 is 0 Å². The van der Waals surface area contributed by atoms with Gasteiger partial charge in [-0.2, -0.15) is 5.10 Å². The van der Waals surface area contributed by atoms with Crippen LogP contribution in [-0.4, -0.2) is 82.5 Å². The lowest BCUT2D eigenvalue weighted by Crippen LogP contribution is -2.50. The van der Waals surface area contributed by atoms with E-state index in [0.29, 0.717) is 66.1 Å². The maximum Gasteiger partial charge on any atom is 0.254 e. The first-order chi connectivity index (χ1) is 16.6. The molecule has 0 spiro atoms. The van der Waals surface area contributed by atoms with Gasteiger partial charge in [-0.05, 0) is 43.7 Å². The van der Waals surface area contributed by atoms with Gasteiger partial charge in [0.25, 0.3) is 5.91 Å². The number of pyridine rings is 1. The molecule has 4 heterocycles. The molecule has 2 saturated heterocycles. The lowest BCUT2D eigenvalue weighted by atomic mass is 10.0. The molecule has 5 rings (SSSR count). The van der Waals surface area contributed by atoms with Gasteiger partial charge in [-0.3, -0.25) is 9.59 Å². The summed E-state index contributed by atoms with van der Waals surface area (Å²) in [4.78, 5) is 33.6. The second kappa shape index (κ2) is 8.71. The van der Waals surface area contributed by atoms with E-state index in [9.17, 15) is 22.4 Å². The van der Waals surface area contributed by atoms with Crippen molar-refractivity contribution in [3.05, 3.63) is 47.4 Å². The lowest BCUT2D eigenvalue weighted by molar-refractivity contribution is -0.130. The fourth-order valence-electron chi connectivity index (χ4n) is 4.87. The molecule has 3 aromatic rings. The Morgan fingerprint density at radius 1 is 1.06 bits per heavy atom. The van der Waals surface area contributed by atoms with Crippen molar-refractivity contribution in [1.29, 1.82) is 0 Å². The van der Waals surface area contributed by atoms with Crippen LogP contribution < -0.4 is 0 Å². The molecule has 11 heteroatoms. The van der Waals surface area contributed by atoms with E-state index in [4.69, 9.17) is 4.98 Å². The Kier molecular flexibility index (Phi) is 5.82. The number of hydrogen-bond acceptors (Lipinski definition) is 6. The third kappa shape index (κ3) is 4.40. The number of halogens is 1. The number of hydrogen-bond donors (Lipinski definition) is 0. The quantitative estimate of drug-likeness (QED) is 0.547. The van der Waals surface area contributed by atoms with Crippen molar-refractivity contribution in [3.8, 4) is 11.3 Å². The first-order valence-electron chi connectivity index (χ1n) is 11.5. The lowest BCUT2D eigenvalue weighted by Gasteiger charge is -2.34. The van der Waals surface area contributed by atoms with Crippen molar-refractivity contribution in [2.24, 2.45) is 0 Å².